The molecule has 8 heteroatoms. The van der Waals surface area contributed by atoms with Gasteiger partial charge in [-0.1, -0.05) is 66.4 Å². The number of aromatic nitrogens is 2. The van der Waals surface area contributed by atoms with Crippen molar-refractivity contribution in [1.82, 2.24) is 14.9 Å². The summed E-state index contributed by atoms with van der Waals surface area (Å²) in [6, 6.07) is 17.4. The zero-order chi connectivity index (χ0) is 23.2. The molecule has 0 bridgehead atoms. The van der Waals surface area contributed by atoms with Crippen LogP contribution in [0, 0.1) is 0 Å². The van der Waals surface area contributed by atoms with Crippen LogP contribution in [0.2, 0.25) is 0 Å². The first kappa shape index (κ1) is 21.3. The third kappa shape index (κ3) is 3.51. The Morgan fingerprint density at radius 2 is 1.82 bits per heavy atom. The number of carbonyl (C=O) groups is 1. The Balaban J connectivity index is 1.69. The fourth-order valence-electron chi connectivity index (χ4n) is 4.54. The summed E-state index contributed by atoms with van der Waals surface area (Å²) in [7, 11) is 1.71. The molecular weight excluding hydrogens is 438 g/mol. The molecule has 1 fully saturated rings. The number of rotatable bonds is 5. The van der Waals surface area contributed by atoms with Crippen LogP contribution in [-0.2, 0) is 12.6 Å². The van der Waals surface area contributed by atoms with Gasteiger partial charge in [-0.05, 0) is 36.6 Å². The number of benzene rings is 2. The molecule has 1 amide bonds. The highest BCUT2D eigenvalue weighted by Gasteiger charge is 2.40. The molecule has 1 saturated carbocycles. The Morgan fingerprint density at radius 3 is 2.39 bits per heavy atom. The van der Waals surface area contributed by atoms with Crippen molar-refractivity contribution in [3.63, 3.8) is 0 Å². The lowest BCUT2D eigenvalue weighted by atomic mass is 9.72. The molecule has 0 aliphatic heterocycles. The quantitative estimate of drug-likeness (QED) is 0.312. The molecule has 5 rings (SSSR count). The van der Waals surface area contributed by atoms with Crippen LogP contribution in [0.15, 0.2) is 69.0 Å². The van der Waals surface area contributed by atoms with E-state index in [0.29, 0.717) is 27.6 Å². The third-order valence-corrected chi connectivity index (χ3v) is 7.12. The molecule has 0 atom stereocenters. The minimum absolute atomic E-state index is 0.158. The van der Waals surface area contributed by atoms with Crippen LogP contribution >= 0.6 is 11.8 Å². The van der Waals surface area contributed by atoms with Gasteiger partial charge >= 0.3 is 6.09 Å². The van der Waals surface area contributed by atoms with Gasteiger partial charge in [0.2, 0.25) is 5.71 Å². The smallest absolute Gasteiger partial charge is 0.405 e. The Kier molecular flexibility index (Phi) is 5.25. The van der Waals surface area contributed by atoms with Crippen LogP contribution < -0.4 is 10.9 Å². The van der Waals surface area contributed by atoms with Crippen molar-refractivity contribution in [2.24, 2.45) is 7.05 Å². The minimum atomic E-state index is -1.02. The first-order chi connectivity index (χ1) is 15.9. The van der Waals surface area contributed by atoms with Crippen molar-refractivity contribution < 1.29 is 14.3 Å². The average Bonchev–Trinajstić information content (AvgIpc) is 3.19. The number of nitrogens with one attached hydrogen (secondary N) is 1. The number of thioether (sulfide) groups is 1. The predicted molar refractivity (Wildman–Crippen MR) is 129 cm³/mol. The van der Waals surface area contributed by atoms with Gasteiger partial charge in [0.05, 0.1) is 5.54 Å². The van der Waals surface area contributed by atoms with E-state index in [4.69, 9.17) is 4.42 Å². The fraction of sp³-hybridized carbons (Fsp3) is 0.240. The van der Waals surface area contributed by atoms with Gasteiger partial charge in [0.15, 0.2) is 5.16 Å². The lowest BCUT2D eigenvalue weighted by Gasteiger charge is -2.42. The van der Waals surface area contributed by atoms with Crippen molar-refractivity contribution in [2.75, 3.05) is 6.26 Å². The van der Waals surface area contributed by atoms with Gasteiger partial charge < -0.3 is 14.8 Å². The Labute approximate surface area is 194 Å². The van der Waals surface area contributed by atoms with Crippen LogP contribution in [0.5, 0.6) is 0 Å². The summed E-state index contributed by atoms with van der Waals surface area (Å²) in [6.45, 7) is 0. The summed E-state index contributed by atoms with van der Waals surface area (Å²) in [5.74, 6) is 0.569. The van der Waals surface area contributed by atoms with Crippen LogP contribution in [0.4, 0.5) is 4.79 Å². The maximum atomic E-state index is 13.3. The molecule has 1 aliphatic rings. The van der Waals surface area contributed by atoms with Gasteiger partial charge in [-0.15, -0.1) is 0 Å². The lowest BCUT2D eigenvalue weighted by Crippen LogP contribution is -2.50. The van der Waals surface area contributed by atoms with E-state index in [-0.39, 0.29) is 5.56 Å². The molecule has 0 radical (unpaired) electrons. The molecule has 2 aromatic carbocycles. The monoisotopic (exact) mass is 461 g/mol. The number of hydrogen-bond acceptors (Lipinski definition) is 5. The number of nitrogens with zero attached hydrogens (tertiary/aromatic N) is 2. The van der Waals surface area contributed by atoms with E-state index in [9.17, 15) is 14.7 Å². The standard InChI is InChI=1S/C25H23N3O4S/c1-28-22(29)19-18(15-7-4-3-5-8-15)20(32-21(19)26-23(28)33-2)16-9-11-17(12-10-16)25(13-6-14-25)27-24(30)31/h3-5,7-12,27H,6,13-14H2,1-2H3,(H,30,31). The van der Waals surface area contributed by atoms with E-state index < -0.39 is 11.6 Å². The molecule has 0 unspecified atom stereocenters. The second kappa shape index (κ2) is 8.12. The van der Waals surface area contributed by atoms with Gasteiger partial charge in [0, 0.05) is 18.2 Å². The van der Waals surface area contributed by atoms with E-state index in [2.05, 4.69) is 10.3 Å². The second-order valence-corrected chi connectivity index (χ2v) is 9.03. The molecule has 7 nitrogen and oxygen atoms in total. The summed E-state index contributed by atoms with van der Waals surface area (Å²) in [5.41, 5.74) is 2.92. The molecular formula is C25H23N3O4S. The zero-order valence-corrected chi connectivity index (χ0v) is 19.1. The van der Waals surface area contributed by atoms with Gasteiger partial charge in [0.1, 0.15) is 11.1 Å². The SMILES string of the molecule is CSc1nc2oc(-c3ccc(C4(NC(=O)O)CCC4)cc3)c(-c3ccccc3)c2c(=O)n1C. The van der Waals surface area contributed by atoms with Crippen LogP contribution in [-0.4, -0.2) is 27.0 Å². The number of furan rings is 1. The average molecular weight is 462 g/mol. The van der Waals surface area contributed by atoms with Crippen molar-refractivity contribution >= 4 is 29.0 Å². The van der Waals surface area contributed by atoms with E-state index in [1.165, 1.54) is 11.8 Å². The number of fused-ring (bicyclic) bond motifs is 1. The predicted octanol–water partition coefficient (Wildman–Crippen LogP) is 5.23. The maximum Gasteiger partial charge on any atom is 0.405 e. The van der Waals surface area contributed by atoms with Gasteiger partial charge in [-0.25, -0.2) is 4.79 Å². The summed E-state index contributed by atoms with van der Waals surface area (Å²) in [6.07, 6.45) is 3.38. The van der Waals surface area contributed by atoms with Crippen molar-refractivity contribution in [3.05, 3.63) is 70.5 Å². The highest BCUT2D eigenvalue weighted by atomic mass is 32.2. The number of hydrogen-bond donors (Lipinski definition) is 2. The fourth-order valence-corrected chi connectivity index (χ4v) is 5.07. The van der Waals surface area contributed by atoms with E-state index in [1.807, 2.05) is 60.9 Å². The van der Waals surface area contributed by atoms with Crippen LogP contribution in [0.3, 0.4) is 0 Å². The van der Waals surface area contributed by atoms with Gasteiger partial charge in [-0.2, -0.15) is 4.98 Å². The largest absolute Gasteiger partial charge is 0.465 e. The van der Waals surface area contributed by atoms with E-state index in [0.717, 1.165) is 36.0 Å². The zero-order valence-electron chi connectivity index (χ0n) is 18.3. The number of amides is 1. The molecule has 2 aromatic heterocycles. The minimum Gasteiger partial charge on any atom is -0.465 e. The summed E-state index contributed by atoms with van der Waals surface area (Å²) < 4.78 is 7.74. The molecule has 33 heavy (non-hydrogen) atoms. The third-order valence-electron chi connectivity index (χ3n) is 6.39. The number of carboxylic acid groups (broad SMARTS) is 1. The maximum absolute atomic E-state index is 13.3. The van der Waals surface area contributed by atoms with E-state index >= 15 is 0 Å². The molecule has 4 aromatic rings. The topological polar surface area (TPSA) is 97.4 Å². The molecule has 168 valence electrons. The van der Waals surface area contributed by atoms with Crippen LogP contribution in [0.25, 0.3) is 33.6 Å². The van der Waals surface area contributed by atoms with E-state index in [1.54, 1.807) is 11.6 Å². The first-order valence-corrected chi connectivity index (χ1v) is 11.9. The Bertz CT molecular complexity index is 1400. The molecule has 0 saturated heterocycles. The van der Waals surface area contributed by atoms with Crippen molar-refractivity contribution in [3.8, 4) is 22.5 Å². The molecule has 1 aliphatic carbocycles. The highest BCUT2D eigenvalue weighted by molar-refractivity contribution is 7.98. The molecule has 2 heterocycles. The first-order valence-electron chi connectivity index (χ1n) is 10.7. The summed E-state index contributed by atoms with van der Waals surface area (Å²) in [5, 5.41) is 13.0. The summed E-state index contributed by atoms with van der Waals surface area (Å²) in [4.78, 5) is 29.2. The van der Waals surface area contributed by atoms with Crippen molar-refractivity contribution in [1.29, 1.82) is 0 Å². The Hall–Kier alpha value is -3.52. The van der Waals surface area contributed by atoms with Gasteiger partial charge in [-0.3, -0.25) is 9.36 Å². The Morgan fingerprint density at radius 1 is 1.12 bits per heavy atom. The second-order valence-electron chi connectivity index (χ2n) is 8.26. The molecule has 0 spiro atoms. The van der Waals surface area contributed by atoms with Gasteiger partial charge in [0.25, 0.3) is 5.56 Å². The van der Waals surface area contributed by atoms with Crippen LogP contribution in [0.1, 0.15) is 24.8 Å². The normalized spacial score (nSPS) is 14.7. The lowest BCUT2D eigenvalue weighted by molar-refractivity contribution is 0.144. The molecule has 2 N–H and O–H groups in total. The van der Waals surface area contributed by atoms with Crippen molar-refractivity contribution in [2.45, 2.75) is 30.0 Å². The highest BCUT2D eigenvalue weighted by Crippen LogP contribution is 2.43. The summed E-state index contributed by atoms with van der Waals surface area (Å²) >= 11 is 1.39.